The van der Waals surface area contributed by atoms with E-state index >= 15 is 0 Å². The molecule has 0 unspecified atom stereocenters. The van der Waals surface area contributed by atoms with Crippen molar-refractivity contribution in [3.05, 3.63) is 142 Å². The Hall–Kier alpha value is -4.25. The minimum Gasteiger partial charge on any atom is -0.294 e. The van der Waals surface area contributed by atoms with Crippen molar-refractivity contribution in [2.24, 2.45) is 5.92 Å². The maximum absolute atomic E-state index is 14.6. The van der Waals surface area contributed by atoms with E-state index in [1.807, 2.05) is 6.07 Å². The van der Waals surface area contributed by atoms with E-state index in [2.05, 4.69) is 0 Å². The Balaban J connectivity index is 1.58. The van der Waals surface area contributed by atoms with Crippen molar-refractivity contribution in [2.45, 2.75) is 24.2 Å². The van der Waals surface area contributed by atoms with Gasteiger partial charge in [-0.3, -0.25) is 14.4 Å². The van der Waals surface area contributed by atoms with Crippen molar-refractivity contribution in [2.75, 3.05) is 0 Å². The van der Waals surface area contributed by atoms with Gasteiger partial charge in [-0.15, -0.1) is 0 Å². The number of halogens is 2. The second-order valence-corrected chi connectivity index (χ2v) is 9.73. The number of rotatable bonds is 5. The predicted octanol–water partition coefficient (Wildman–Crippen LogP) is 6.90. The van der Waals surface area contributed by atoms with Crippen LogP contribution in [0, 0.1) is 17.6 Å². The number of fused-ring (bicyclic) bond motifs is 5. The minimum absolute atomic E-state index is 0.0498. The quantitative estimate of drug-likeness (QED) is 0.285. The lowest BCUT2D eigenvalue weighted by molar-refractivity contribution is 0.0814. The molecule has 0 radical (unpaired) electrons. The van der Waals surface area contributed by atoms with E-state index in [1.165, 1.54) is 30.3 Å². The summed E-state index contributed by atoms with van der Waals surface area (Å²) in [6.07, 6.45) is -0.0498. The highest BCUT2D eigenvalue weighted by molar-refractivity contribution is 6.10. The van der Waals surface area contributed by atoms with Gasteiger partial charge in [-0.25, -0.2) is 8.78 Å². The monoisotopic (exact) mass is 492 g/mol. The van der Waals surface area contributed by atoms with Crippen LogP contribution in [0.3, 0.4) is 0 Å². The van der Waals surface area contributed by atoms with Gasteiger partial charge in [-0.1, -0.05) is 66.7 Å². The van der Waals surface area contributed by atoms with Gasteiger partial charge in [-0.05, 0) is 47.0 Å². The summed E-state index contributed by atoms with van der Waals surface area (Å²) in [4.78, 5) is 41.2. The van der Waals surface area contributed by atoms with E-state index in [4.69, 9.17) is 0 Å². The minimum atomic E-state index is -0.860. The Morgan fingerprint density at radius 2 is 1.27 bits per heavy atom. The maximum Gasteiger partial charge on any atom is 0.171 e. The largest absolute Gasteiger partial charge is 0.294 e. The van der Waals surface area contributed by atoms with Crippen molar-refractivity contribution in [3.63, 3.8) is 0 Å². The first-order valence-corrected chi connectivity index (χ1v) is 12.2. The van der Waals surface area contributed by atoms with Gasteiger partial charge in [0.2, 0.25) is 0 Å². The van der Waals surface area contributed by atoms with Crippen LogP contribution in [0.1, 0.15) is 71.9 Å². The van der Waals surface area contributed by atoms with Crippen LogP contribution in [-0.2, 0) is 0 Å². The summed E-state index contributed by atoms with van der Waals surface area (Å²) >= 11 is 0. The first-order valence-electron chi connectivity index (χ1n) is 12.2. The van der Waals surface area contributed by atoms with Crippen molar-refractivity contribution < 1.29 is 23.2 Å². The Morgan fingerprint density at radius 3 is 1.95 bits per heavy atom. The van der Waals surface area contributed by atoms with Crippen molar-refractivity contribution in [1.82, 2.24) is 0 Å². The zero-order valence-electron chi connectivity index (χ0n) is 19.7. The van der Waals surface area contributed by atoms with Crippen molar-refractivity contribution in [3.8, 4) is 0 Å². The van der Waals surface area contributed by atoms with E-state index in [9.17, 15) is 23.2 Å². The van der Waals surface area contributed by atoms with Crippen molar-refractivity contribution >= 4 is 17.3 Å². The second kappa shape index (κ2) is 9.00. The Bertz CT molecular complexity index is 1550. The fourth-order valence-corrected chi connectivity index (χ4v) is 6.19. The summed E-state index contributed by atoms with van der Waals surface area (Å²) in [5.74, 6) is -4.64. The molecule has 4 aromatic rings. The molecule has 0 bridgehead atoms. The lowest BCUT2D eigenvalue weighted by Gasteiger charge is -2.40. The fraction of sp³-hybridized carbons (Fsp3) is 0.156. The summed E-state index contributed by atoms with van der Waals surface area (Å²) in [5.41, 5.74) is 2.84. The standard InChI is InChI=1S/C32H22F2O3/c33-20-11-13-22-24(15-20)26(17-27(35)18-7-3-1-4-8-18)30(31(36)19-9-5-2-6-10-19)28-25-16-21(34)12-14-23(25)32(37)29(22)28/h1-16,26,28-30H,17H2/t26-,28-,29-,30+/m0/s1. The summed E-state index contributed by atoms with van der Waals surface area (Å²) < 4.78 is 29.1. The molecule has 0 aromatic heterocycles. The van der Waals surface area contributed by atoms with E-state index in [0.29, 0.717) is 33.4 Å². The highest BCUT2D eigenvalue weighted by Gasteiger charge is 2.54. The molecule has 2 aliphatic carbocycles. The van der Waals surface area contributed by atoms with Gasteiger partial charge in [-0.2, -0.15) is 0 Å². The smallest absolute Gasteiger partial charge is 0.171 e. The van der Waals surface area contributed by atoms with Gasteiger partial charge in [0.1, 0.15) is 11.6 Å². The Kier molecular flexibility index (Phi) is 5.64. The van der Waals surface area contributed by atoms with Gasteiger partial charge in [0.15, 0.2) is 17.3 Å². The first-order chi connectivity index (χ1) is 17.9. The van der Waals surface area contributed by atoms with Crippen LogP contribution in [-0.4, -0.2) is 17.3 Å². The second-order valence-electron chi connectivity index (χ2n) is 9.73. The summed E-state index contributed by atoms with van der Waals surface area (Å²) in [7, 11) is 0. The third-order valence-electron chi connectivity index (χ3n) is 7.75. The number of hydrogen-bond donors (Lipinski definition) is 0. The van der Waals surface area contributed by atoms with Gasteiger partial charge < -0.3 is 0 Å². The average Bonchev–Trinajstić information content (AvgIpc) is 3.20. The molecule has 0 amide bonds. The number of Topliss-reactive ketones (excluding diaryl/α,β-unsaturated/α-hetero) is 3. The summed E-state index contributed by atoms with van der Waals surface area (Å²) in [6, 6.07) is 25.7. The molecule has 0 saturated heterocycles. The molecule has 37 heavy (non-hydrogen) atoms. The SMILES string of the molecule is O=C(C[C@H]1c2cc(F)ccc2[C@@H]2C(=O)c3ccc(F)cc3[C@@H]2[C@@H]1C(=O)c1ccccc1)c1ccccc1. The predicted molar refractivity (Wildman–Crippen MR) is 135 cm³/mol. The zero-order chi connectivity index (χ0) is 25.7. The zero-order valence-corrected chi connectivity index (χ0v) is 19.7. The number of carbonyl (C=O) groups excluding carboxylic acids is 3. The third kappa shape index (κ3) is 3.82. The molecule has 2 aliphatic rings. The lowest BCUT2D eigenvalue weighted by atomic mass is 9.60. The van der Waals surface area contributed by atoms with Crippen LogP contribution >= 0.6 is 0 Å². The van der Waals surface area contributed by atoms with E-state index < -0.39 is 35.3 Å². The third-order valence-corrected chi connectivity index (χ3v) is 7.75. The summed E-state index contributed by atoms with van der Waals surface area (Å²) in [6.45, 7) is 0. The molecule has 182 valence electrons. The number of ketones is 3. The van der Waals surface area contributed by atoms with Crippen LogP contribution in [0.4, 0.5) is 8.78 Å². The summed E-state index contributed by atoms with van der Waals surface area (Å²) in [5, 5.41) is 0. The number of carbonyl (C=O) groups is 3. The molecule has 4 atom stereocenters. The lowest BCUT2D eigenvalue weighted by Crippen LogP contribution is -2.37. The maximum atomic E-state index is 14.6. The molecule has 4 aromatic carbocycles. The van der Waals surface area contributed by atoms with Crippen LogP contribution in [0.25, 0.3) is 0 Å². The molecule has 0 spiro atoms. The Labute approximate surface area is 212 Å². The molecular formula is C32H22F2O3. The molecule has 0 fully saturated rings. The topological polar surface area (TPSA) is 51.2 Å². The van der Waals surface area contributed by atoms with E-state index in [0.717, 1.165) is 0 Å². The highest BCUT2D eigenvalue weighted by atomic mass is 19.1. The van der Waals surface area contributed by atoms with E-state index in [-0.39, 0.29) is 23.8 Å². The Morgan fingerprint density at radius 1 is 0.676 bits per heavy atom. The number of benzene rings is 4. The van der Waals surface area contributed by atoms with Crippen molar-refractivity contribution in [1.29, 1.82) is 0 Å². The molecule has 0 saturated carbocycles. The molecular weight excluding hydrogens is 470 g/mol. The van der Waals surface area contributed by atoms with Crippen LogP contribution < -0.4 is 0 Å². The van der Waals surface area contributed by atoms with Crippen LogP contribution in [0.5, 0.6) is 0 Å². The number of hydrogen-bond acceptors (Lipinski definition) is 3. The molecule has 0 aliphatic heterocycles. The molecule has 5 heteroatoms. The first kappa shape index (κ1) is 23.2. The highest BCUT2D eigenvalue weighted by Crippen LogP contribution is 2.58. The van der Waals surface area contributed by atoms with Gasteiger partial charge in [0.25, 0.3) is 0 Å². The van der Waals surface area contributed by atoms with Gasteiger partial charge >= 0.3 is 0 Å². The van der Waals surface area contributed by atoms with Gasteiger partial charge in [0.05, 0.1) is 5.92 Å². The molecule has 6 rings (SSSR count). The average molecular weight is 493 g/mol. The normalized spacial score (nSPS) is 21.6. The van der Waals surface area contributed by atoms with Crippen LogP contribution in [0.15, 0.2) is 97.1 Å². The molecule has 0 heterocycles. The molecule has 3 nitrogen and oxygen atoms in total. The van der Waals surface area contributed by atoms with E-state index in [1.54, 1.807) is 60.7 Å². The van der Waals surface area contributed by atoms with Crippen LogP contribution in [0.2, 0.25) is 0 Å². The van der Waals surface area contributed by atoms with Gasteiger partial charge in [0, 0.05) is 40.9 Å². The fourth-order valence-electron chi connectivity index (χ4n) is 6.19. The molecule has 0 N–H and O–H groups in total.